The number of hydrogen-bond donors (Lipinski definition) is 1. The molecule has 0 atom stereocenters. The quantitative estimate of drug-likeness (QED) is 0.904. The Kier molecular flexibility index (Phi) is 3.49. The number of nitrogens with two attached hydrogens (primary N) is 1. The average Bonchev–Trinajstić information content (AvgIpc) is 2.63. The van der Waals surface area contributed by atoms with Crippen molar-refractivity contribution in [3.05, 3.63) is 29.8 Å². The van der Waals surface area contributed by atoms with Gasteiger partial charge in [0.25, 0.3) is 6.01 Å². The molecule has 0 aliphatic carbocycles. The Hall–Kier alpha value is -1.75. The maximum atomic E-state index is 10.7. The van der Waals surface area contributed by atoms with E-state index in [1.807, 2.05) is 30.4 Å². The van der Waals surface area contributed by atoms with E-state index in [1.54, 1.807) is 6.92 Å². The molecule has 5 heteroatoms. The number of anilines is 1. The van der Waals surface area contributed by atoms with E-state index >= 15 is 0 Å². The van der Waals surface area contributed by atoms with E-state index in [0.717, 1.165) is 11.1 Å². The van der Waals surface area contributed by atoms with Gasteiger partial charge >= 0.3 is 0 Å². The van der Waals surface area contributed by atoms with Crippen molar-refractivity contribution in [1.82, 2.24) is 4.98 Å². The molecular weight excluding hydrogens is 236 g/mol. The molecule has 1 aromatic carbocycles. The summed E-state index contributed by atoms with van der Waals surface area (Å²) >= 11 is 1.28. The van der Waals surface area contributed by atoms with Gasteiger partial charge in [0.05, 0.1) is 0 Å². The number of carbonyl (C=O) groups is 1. The fraction of sp³-hybridized carbons (Fsp3) is 0.167. The highest BCUT2D eigenvalue weighted by atomic mass is 32.2. The zero-order valence-electron chi connectivity index (χ0n) is 9.34. The number of fused-ring (bicyclic) bond motifs is 1. The topological polar surface area (TPSA) is 69.1 Å². The standard InChI is InChI=1S/C12H12N2O2S/c1-8(15)17-6-2-3-9-4-5-11-10(7-9)14-12(13)16-11/h2-5,7H,6H2,1H3,(H2,13,14). The van der Waals surface area contributed by atoms with Crippen LogP contribution in [0.25, 0.3) is 17.2 Å². The third kappa shape index (κ3) is 3.10. The molecule has 0 radical (unpaired) electrons. The molecule has 2 N–H and O–H groups in total. The second-order valence-electron chi connectivity index (χ2n) is 3.48. The minimum Gasteiger partial charge on any atom is -0.424 e. The Morgan fingerprint density at radius 2 is 2.41 bits per heavy atom. The largest absolute Gasteiger partial charge is 0.424 e. The number of aromatic nitrogens is 1. The molecule has 0 saturated heterocycles. The lowest BCUT2D eigenvalue weighted by atomic mass is 10.2. The summed E-state index contributed by atoms with van der Waals surface area (Å²) in [6.07, 6.45) is 3.89. The SMILES string of the molecule is CC(=O)SCC=Cc1ccc2oc(N)nc2c1. The second-order valence-corrected chi connectivity index (χ2v) is 4.68. The number of nitrogens with zero attached hydrogens (tertiary/aromatic N) is 1. The molecule has 0 bridgehead atoms. The Morgan fingerprint density at radius 3 is 3.18 bits per heavy atom. The highest BCUT2D eigenvalue weighted by Gasteiger charge is 2.01. The first-order valence-corrected chi connectivity index (χ1v) is 6.09. The summed E-state index contributed by atoms with van der Waals surface area (Å²) in [4.78, 5) is 14.8. The minimum absolute atomic E-state index is 0.120. The monoisotopic (exact) mass is 248 g/mol. The number of carbonyl (C=O) groups excluding carboxylic acids is 1. The van der Waals surface area contributed by atoms with Crippen molar-refractivity contribution in [2.24, 2.45) is 0 Å². The maximum absolute atomic E-state index is 10.7. The third-order valence-corrected chi connectivity index (χ3v) is 2.89. The van der Waals surface area contributed by atoms with Crippen LogP contribution in [-0.4, -0.2) is 15.9 Å². The van der Waals surface area contributed by atoms with Gasteiger partial charge in [0.2, 0.25) is 0 Å². The van der Waals surface area contributed by atoms with Crippen LogP contribution in [0.5, 0.6) is 0 Å². The zero-order valence-corrected chi connectivity index (χ0v) is 10.2. The van der Waals surface area contributed by atoms with Crippen molar-refractivity contribution in [3.63, 3.8) is 0 Å². The summed E-state index contributed by atoms with van der Waals surface area (Å²) in [6.45, 7) is 1.56. The van der Waals surface area contributed by atoms with E-state index in [2.05, 4.69) is 4.98 Å². The highest BCUT2D eigenvalue weighted by Crippen LogP contribution is 2.19. The average molecular weight is 248 g/mol. The van der Waals surface area contributed by atoms with Gasteiger partial charge in [-0.25, -0.2) is 0 Å². The van der Waals surface area contributed by atoms with Crippen LogP contribution in [0.3, 0.4) is 0 Å². The molecule has 0 unspecified atom stereocenters. The van der Waals surface area contributed by atoms with Gasteiger partial charge in [0, 0.05) is 12.7 Å². The number of hydrogen-bond acceptors (Lipinski definition) is 5. The molecule has 0 spiro atoms. The molecule has 4 nitrogen and oxygen atoms in total. The lowest BCUT2D eigenvalue weighted by Gasteiger charge is -1.92. The number of nitrogen functional groups attached to an aromatic ring is 1. The Balaban J connectivity index is 2.10. The lowest BCUT2D eigenvalue weighted by Crippen LogP contribution is -1.82. The van der Waals surface area contributed by atoms with E-state index in [4.69, 9.17) is 10.2 Å². The molecule has 0 aliphatic rings. The Morgan fingerprint density at radius 1 is 1.59 bits per heavy atom. The minimum atomic E-state index is 0.120. The summed E-state index contributed by atoms with van der Waals surface area (Å²) in [5, 5.41) is 0.120. The van der Waals surface area contributed by atoms with Gasteiger partial charge in [0.1, 0.15) is 5.52 Å². The Bertz CT molecular complexity index is 575. The van der Waals surface area contributed by atoms with E-state index in [9.17, 15) is 4.79 Å². The molecule has 1 heterocycles. The number of rotatable bonds is 3. The molecule has 88 valence electrons. The fourth-order valence-corrected chi connectivity index (χ4v) is 1.84. The van der Waals surface area contributed by atoms with Crippen molar-refractivity contribution in [2.75, 3.05) is 11.5 Å². The summed E-state index contributed by atoms with van der Waals surface area (Å²) in [6, 6.07) is 5.82. The van der Waals surface area contributed by atoms with Gasteiger partial charge in [0.15, 0.2) is 10.7 Å². The van der Waals surface area contributed by atoms with Crippen LogP contribution in [0.15, 0.2) is 28.7 Å². The first kappa shape index (κ1) is 11.7. The van der Waals surface area contributed by atoms with Crippen molar-refractivity contribution in [3.8, 4) is 0 Å². The van der Waals surface area contributed by atoms with Crippen LogP contribution < -0.4 is 5.73 Å². The van der Waals surface area contributed by atoms with Crippen LogP contribution in [-0.2, 0) is 4.79 Å². The smallest absolute Gasteiger partial charge is 0.292 e. The van der Waals surface area contributed by atoms with Crippen molar-refractivity contribution in [1.29, 1.82) is 0 Å². The summed E-state index contributed by atoms with van der Waals surface area (Å²) in [7, 11) is 0. The van der Waals surface area contributed by atoms with Gasteiger partial charge in [-0.15, -0.1) is 0 Å². The first-order chi connectivity index (χ1) is 8.15. The van der Waals surface area contributed by atoms with Crippen LogP contribution in [0.1, 0.15) is 12.5 Å². The predicted molar refractivity (Wildman–Crippen MR) is 70.6 cm³/mol. The lowest BCUT2D eigenvalue weighted by molar-refractivity contribution is -0.109. The van der Waals surface area contributed by atoms with Gasteiger partial charge < -0.3 is 10.2 Å². The van der Waals surface area contributed by atoms with Crippen LogP contribution in [0.4, 0.5) is 6.01 Å². The molecular formula is C12H12N2O2S. The summed E-state index contributed by atoms with van der Waals surface area (Å²) in [5.41, 5.74) is 7.89. The highest BCUT2D eigenvalue weighted by molar-refractivity contribution is 8.13. The first-order valence-electron chi connectivity index (χ1n) is 5.11. The third-order valence-electron chi connectivity index (χ3n) is 2.12. The second kappa shape index (κ2) is 5.05. The van der Waals surface area contributed by atoms with Gasteiger partial charge in [-0.2, -0.15) is 4.98 Å². The van der Waals surface area contributed by atoms with Crippen LogP contribution in [0, 0.1) is 0 Å². The molecule has 1 aromatic heterocycles. The van der Waals surface area contributed by atoms with Crippen LogP contribution in [0.2, 0.25) is 0 Å². The summed E-state index contributed by atoms with van der Waals surface area (Å²) in [5.74, 6) is 0.675. The predicted octanol–water partition coefficient (Wildman–Crippen LogP) is 2.70. The van der Waals surface area contributed by atoms with E-state index in [0.29, 0.717) is 11.3 Å². The van der Waals surface area contributed by atoms with Crippen LogP contribution >= 0.6 is 11.8 Å². The van der Waals surface area contributed by atoms with Crippen molar-refractivity contribution >= 4 is 40.1 Å². The molecule has 2 aromatic rings. The normalized spacial score (nSPS) is 11.4. The van der Waals surface area contributed by atoms with Crippen molar-refractivity contribution < 1.29 is 9.21 Å². The Labute approximate surface area is 103 Å². The molecule has 17 heavy (non-hydrogen) atoms. The zero-order chi connectivity index (χ0) is 12.3. The molecule has 0 saturated carbocycles. The van der Waals surface area contributed by atoms with E-state index in [1.165, 1.54) is 11.8 Å². The van der Waals surface area contributed by atoms with Crippen molar-refractivity contribution in [2.45, 2.75) is 6.92 Å². The summed E-state index contributed by atoms with van der Waals surface area (Å²) < 4.78 is 5.17. The van der Waals surface area contributed by atoms with Gasteiger partial charge in [-0.3, -0.25) is 4.79 Å². The van der Waals surface area contributed by atoms with Gasteiger partial charge in [-0.1, -0.05) is 30.0 Å². The maximum Gasteiger partial charge on any atom is 0.292 e. The molecule has 2 rings (SSSR count). The van der Waals surface area contributed by atoms with Gasteiger partial charge in [-0.05, 0) is 17.7 Å². The number of benzene rings is 1. The number of thioether (sulfide) groups is 1. The molecule has 0 aliphatic heterocycles. The van der Waals surface area contributed by atoms with E-state index < -0.39 is 0 Å². The fourth-order valence-electron chi connectivity index (χ4n) is 1.42. The molecule has 0 fully saturated rings. The van der Waals surface area contributed by atoms with E-state index in [-0.39, 0.29) is 11.1 Å². The number of oxazole rings is 1. The molecule has 0 amide bonds.